The molecule has 1 aromatic carbocycles. The van der Waals surface area contributed by atoms with Gasteiger partial charge in [-0.05, 0) is 18.2 Å². The normalized spacial score (nSPS) is 10.7. The first-order valence-electron chi connectivity index (χ1n) is 5.44. The van der Waals surface area contributed by atoms with Crippen LogP contribution in [-0.2, 0) is 0 Å². The van der Waals surface area contributed by atoms with Crippen LogP contribution in [0, 0.1) is 10.1 Å². The zero-order valence-electron chi connectivity index (χ0n) is 9.59. The van der Waals surface area contributed by atoms with E-state index in [0.717, 1.165) is 4.73 Å². The third-order valence-corrected chi connectivity index (χ3v) is 2.72. The SMILES string of the molecule is O=[N+]([O-])c1ccc2nc(-c3ccccn3)n(O)c2c1. The predicted molar refractivity (Wildman–Crippen MR) is 66.8 cm³/mol. The first kappa shape index (κ1) is 11.1. The van der Waals surface area contributed by atoms with E-state index in [1.807, 2.05) is 0 Å². The number of hydrogen-bond acceptors (Lipinski definition) is 5. The first-order chi connectivity index (χ1) is 9.16. The van der Waals surface area contributed by atoms with Crippen molar-refractivity contribution < 1.29 is 10.1 Å². The van der Waals surface area contributed by atoms with Crippen molar-refractivity contribution in [3.63, 3.8) is 0 Å². The van der Waals surface area contributed by atoms with Crippen molar-refractivity contribution in [2.45, 2.75) is 0 Å². The van der Waals surface area contributed by atoms with Crippen LogP contribution in [0.2, 0.25) is 0 Å². The maximum absolute atomic E-state index is 10.7. The number of imidazole rings is 1. The molecule has 7 nitrogen and oxygen atoms in total. The number of pyridine rings is 1. The van der Waals surface area contributed by atoms with Gasteiger partial charge < -0.3 is 5.21 Å². The van der Waals surface area contributed by atoms with E-state index < -0.39 is 4.92 Å². The molecule has 2 aromatic heterocycles. The number of nitro benzene ring substituents is 1. The van der Waals surface area contributed by atoms with Crippen LogP contribution in [0.1, 0.15) is 0 Å². The minimum atomic E-state index is -0.521. The van der Waals surface area contributed by atoms with E-state index in [-0.39, 0.29) is 17.0 Å². The molecule has 0 saturated heterocycles. The van der Waals surface area contributed by atoms with Gasteiger partial charge in [0.05, 0.1) is 10.4 Å². The Hall–Kier alpha value is -2.96. The first-order valence-corrected chi connectivity index (χ1v) is 5.44. The second kappa shape index (κ2) is 4.05. The lowest BCUT2D eigenvalue weighted by Crippen LogP contribution is -1.96. The summed E-state index contributed by atoms with van der Waals surface area (Å²) in [5.74, 6) is 0.246. The molecule has 0 atom stereocenters. The zero-order valence-corrected chi connectivity index (χ0v) is 9.59. The molecule has 2 heterocycles. The molecule has 0 aliphatic carbocycles. The van der Waals surface area contributed by atoms with Crippen LogP contribution in [0.25, 0.3) is 22.6 Å². The minimum Gasteiger partial charge on any atom is -0.426 e. The standard InChI is InChI=1S/C12H8N4O3/c17-15-11-7-8(16(18)19)4-5-9(11)14-12(15)10-3-1-2-6-13-10/h1-7,17H. The highest BCUT2D eigenvalue weighted by Gasteiger charge is 2.16. The number of fused-ring (bicyclic) bond motifs is 1. The molecule has 0 bridgehead atoms. The molecule has 3 aromatic rings. The van der Waals surface area contributed by atoms with Crippen LogP contribution in [0.5, 0.6) is 0 Å². The molecular weight excluding hydrogens is 248 g/mol. The van der Waals surface area contributed by atoms with Crippen molar-refractivity contribution in [2.24, 2.45) is 0 Å². The van der Waals surface area contributed by atoms with Crippen molar-refractivity contribution in [3.05, 3.63) is 52.7 Å². The van der Waals surface area contributed by atoms with Gasteiger partial charge in [0.15, 0.2) is 5.82 Å². The third kappa shape index (κ3) is 1.77. The summed E-state index contributed by atoms with van der Waals surface area (Å²) in [6.45, 7) is 0. The summed E-state index contributed by atoms with van der Waals surface area (Å²) >= 11 is 0. The van der Waals surface area contributed by atoms with Crippen LogP contribution in [0.15, 0.2) is 42.6 Å². The Bertz CT molecular complexity index is 767. The Balaban J connectivity index is 2.24. The molecule has 94 valence electrons. The van der Waals surface area contributed by atoms with Gasteiger partial charge in [-0.2, -0.15) is 4.73 Å². The highest BCUT2D eigenvalue weighted by atomic mass is 16.6. The molecule has 19 heavy (non-hydrogen) atoms. The number of hydrogen-bond donors (Lipinski definition) is 1. The zero-order chi connectivity index (χ0) is 13.4. The number of aromatic nitrogens is 3. The number of non-ortho nitro benzene ring substituents is 1. The quantitative estimate of drug-likeness (QED) is 0.431. The van der Waals surface area contributed by atoms with E-state index in [4.69, 9.17) is 0 Å². The smallest absolute Gasteiger partial charge is 0.271 e. The van der Waals surface area contributed by atoms with Crippen LogP contribution in [0.3, 0.4) is 0 Å². The highest BCUT2D eigenvalue weighted by molar-refractivity contribution is 5.81. The molecule has 0 fully saturated rings. The van der Waals surface area contributed by atoms with Gasteiger partial charge in [0.2, 0.25) is 0 Å². The lowest BCUT2D eigenvalue weighted by Gasteiger charge is -1.99. The summed E-state index contributed by atoms with van der Waals surface area (Å²) in [5.41, 5.74) is 1.13. The number of rotatable bonds is 2. The van der Waals surface area contributed by atoms with Gasteiger partial charge >= 0.3 is 0 Å². The highest BCUT2D eigenvalue weighted by Crippen LogP contribution is 2.25. The van der Waals surface area contributed by atoms with Crippen LogP contribution in [0.4, 0.5) is 5.69 Å². The summed E-state index contributed by atoms with van der Waals surface area (Å²) < 4.78 is 0.810. The fraction of sp³-hybridized carbons (Fsp3) is 0. The van der Waals surface area contributed by atoms with Crippen LogP contribution in [-0.4, -0.2) is 24.8 Å². The van der Waals surface area contributed by atoms with E-state index in [9.17, 15) is 15.3 Å². The average Bonchev–Trinajstić information content (AvgIpc) is 2.77. The molecule has 1 N–H and O–H groups in total. The summed E-state index contributed by atoms with van der Waals surface area (Å²) in [6.07, 6.45) is 1.58. The van der Waals surface area contributed by atoms with Gasteiger partial charge in [-0.25, -0.2) is 4.98 Å². The van der Waals surface area contributed by atoms with Crippen molar-refractivity contribution >= 4 is 16.7 Å². The summed E-state index contributed by atoms with van der Waals surface area (Å²) in [5, 5.41) is 20.8. The van der Waals surface area contributed by atoms with Gasteiger partial charge in [-0.1, -0.05) is 6.07 Å². The topological polar surface area (TPSA) is 94.1 Å². The van der Waals surface area contributed by atoms with E-state index in [0.29, 0.717) is 11.2 Å². The summed E-state index contributed by atoms with van der Waals surface area (Å²) in [6, 6.07) is 9.32. The minimum absolute atomic E-state index is 0.102. The molecule has 0 radical (unpaired) electrons. The maximum Gasteiger partial charge on any atom is 0.271 e. The van der Waals surface area contributed by atoms with Gasteiger partial charge in [0.1, 0.15) is 11.2 Å². The van der Waals surface area contributed by atoms with Crippen molar-refractivity contribution in [1.29, 1.82) is 0 Å². The Kier molecular flexibility index (Phi) is 2.38. The molecule has 0 saturated carbocycles. The molecule has 0 amide bonds. The largest absolute Gasteiger partial charge is 0.426 e. The fourth-order valence-electron chi connectivity index (χ4n) is 1.83. The van der Waals surface area contributed by atoms with E-state index >= 15 is 0 Å². The molecule has 0 spiro atoms. The molecular formula is C12H8N4O3. The average molecular weight is 256 g/mol. The predicted octanol–water partition coefficient (Wildman–Crippen LogP) is 2.24. The Labute approximate surface area is 106 Å². The Morgan fingerprint density at radius 2 is 2.11 bits per heavy atom. The number of nitrogens with zero attached hydrogens (tertiary/aromatic N) is 4. The molecule has 0 unspecified atom stereocenters. The van der Waals surface area contributed by atoms with Crippen LogP contribution >= 0.6 is 0 Å². The van der Waals surface area contributed by atoms with Gasteiger partial charge in [0, 0.05) is 18.3 Å². The lowest BCUT2D eigenvalue weighted by atomic mass is 10.3. The monoisotopic (exact) mass is 256 g/mol. The van der Waals surface area contributed by atoms with E-state index in [2.05, 4.69) is 9.97 Å². The molecule has 0 aliphatic heterocycles. The van der Waals surface area contributed by atoms with Crippen molar-refractivity contribution in [2.75, 3.05) is 0 Å². The summed E-state index contributed by atoms with van der Waals surface area (Å²) in [7, 11) is 0. The Morgan fingerprint density at radius 1 is 1.26 bits per heavy atom. The maximum atomic E-state index is 10.7. The molecule has 7 heteroatoms. The molecule has 0 aliphatic rings. The van der Waals surface area contributed by atoms with Crippen molar-refractivity contribution in [1.82, 2.24) is 14.7 Å². The van der Waals surface area contributed by atoms with E-state index in [1.165, 1.54) is 18.2 Å². The fourth-order valence-corrected chi connectivity index (χ4v) is 1.83. The van der Waals surface area contributed by atoms with Gasteiger partial charge in [-0.15, -0.1) is 0 Å². The second-order valence-corrected chi connectivity index (χ2v) is 3.89. The molecule has 3 rings (SSSR count). The second-order valence-electron chi connectivity index (χ2n) is 3.89. The third-order valence-electron chi connectivity index (χ3n) is 2.72. The van der Waals surface area contributed by atoms with Crippen LogP contribution < -0.4 is 0 Å². The van der Waals surface area contributed by atoms with Crippen molar-refractivity contribution in [3.8, 4) is 11.5 Å². The van der Waals surface area contributed by atoms with E-state index in [1.54, 1.807) is 24.4 Å². The summed E-state index contributed by atoms with van der Waals surface area (Å²) in [4.78, 5) is 18.5. The Morgan fingerprint density at radius 3 is 2.79 bits per heavy atom. The van der Waals surface area contributed by atoms with Gasteiger partial charge in [-0.3, -0.25) is 15.1 Å². The lowest BCUT2D eigenvalue weighted by molar-refractivity contribution is -0.384. The number of benzene rings is 1. The van der Waals surface area contributed by atoms with Gasteiger partial charge in [0.25, 0.3) is 5.69 Å². The number of nitro groups is 1.